The second kappa shape index (κ2) is 4.09. The lowest BCUT2D eigenvalue weighted by atomic mass is 10.1. The van der Waals surface area contributed by atoms with Crippen molar-refractivity contribution in [1.29, 1.82) is 0 Å². The molecule has 0 aliphatic heterocycles. The predicted molar refractivity (Wildman–Crippen MR) is 60.6 cm³/mol. The third-order valence-corrected chi connectivity index (χ3v) is 2.35. The lowest BCUT2D eigenvalue weighted by molar-refractivity contribution is 0.942. The van der Waals surface area contributed by atoms with E-state index in [2.05, 4.69) is 30.4 Å². The number of hydrogen-bond acceptors (Lipinski definition) is 5. The summed E-state index contributed by atoms with van der Waals surface area (Å²) in [6, 6.07) is 7.80. The molecule has 1 aromatic carbocycles. The van der Waals surface area contributed by atoms with Crippen LogP contribution in [0.15, 0.2) is 43.1 Å². The average Bonchev–Trinajstić information content (AvgIpc) is 2.94. The van der Waals surface area contributed by atoms with Gasteiger partial charge in [0.1, 0.15) is 18.3 Å². The molecule has 2 heterocycles. The van der Waals surface area contributed by atoms with Gasteiger partial charge in [0.2, 0.25) is 0 Å². The van der Waals surface area contributed by atoms with Crippen LogP contribution in [-0.2, 0) is 0 Å². The van der Waals surface area contributed by atoms with E-state index in [-0.39, 0.29) is 0 Å². The van der Waals surface area contributed by atoms with Crippen LogP contribution in [0.1, 0.15) is 0 Å². The Labute approximate surface area is 96.8 Å². The van der Waals surface area contributed by atoms with Crippen LogP contribution in [0.25, 0.3) is 22.6 Å². The Balaban J connectivity index is 1.96. The van der Waals surface area contributed by atoms with Gasteiger partial charge in [-0.2, -0.15) is 0 Å². The summed E-state index contributed by atoms with van der Waals surface area (Å²) in [6.45, 7) is 0. The van der Waals surface area contributed by atoms with E-state index >= 15 is 0 Å². The van der Waals surface area contributed by atoms with Crippen molar-refractivity contribution >= 4 is 0 Å². The molecule has 0 fully saturated rings. The summed E-state index contributed by atoms with van der Waals surface area (Å²) in [7, 11) is 0. The van der Waals surface area contributed by atoms with Crippen molar-refractivity contribution in [2.75, 3.05) is 0 Å². The fourth-order valence-corrected chi connectivity index (χ4v) is 1.52. The molecular formula is C11H8N6. The highest BCUT2D eigenvalue weighted by Crippen LogP contribution is 2.20. The molecule has 2 aromatic heterocycles. The number of hydrogen-bond donors (Lipinski definition) is 1. The number of rotatable bonds is 2. The van der Waals surface area contributed by atoms with Crippen LogP contribution in [0.3, 0.4) is 0 Å². The summed E-state index contributed by atoms with van der Waals surface area (Å²) in [5.41, 5.74) is 2.75. The number of aromatic amines is 1. The highest BCUT2D eigenvalue weighted by molar-refractivity contribution is 5.64. The van der Waals surface area contributed by atoms with Crippen LogP contribution in [0, 0.1) is 0 Å². The van der Waals surface area contributed by atoms with E-state index in [1.807, 2.05) is 24.3 Å². The molecule has 0 aliphatic carbocycles. The molecule has 82 valence electrons. The topological polar surface area (TPSA) is 80.2 Å². The monoisotopic (exact) mass is 224 g/mol. The SMILES string of the molecule is c1ncnc(-c2ccc(-c3c[nH]nn3)cc2)n1. The van der Waals surface area contributed by atoms with Gasteiger partial charge in [0.05, 0.1) is 0 Å². The molecule has 3 rings (SSSR count). The maximum absolute atomic E-state index is 4.09. The molecule has 0 bridgehead atoms. The summed E-state index contributed by atoms with van der Waals surface area (Å²) >= 11 is 0. The highest BCUT2D eigenvalue weighted by atomic mass is 15.3. The van der Waals surface area contributed by atoms with Crippen molar-refractivity contribution in [3.8, 4) is 22.6 Å². The maximum Gasteiger partial charge on any atom is 0.162 e. The fourth-order valence-electron chi connectivity index (χ4n) is 1.52. The molecule has 0 amide bonds. The predicted octanol–water partition coefficient (Wildman–Crippen LogP) is 1.32. The molecule has 0 spiro atoms. The first-order valence-corrected chi connectivity index (χ1v) is 5.03. The number of aromatic nitrogens is 6. The van der Waals surface area contributed by atoms with Crippen LogP contribution < -0.4 is 0 Å². The average molecular weight is 224 g/mol. The van der Waals surface area contributed by atoms with E-state index in [1.54, 1.807) is 6.20 Å². The van der Waals surface area contributed by atoms with Gasteiger partial charge in [-0.25, -0.2) is 15.0 Å². The van der Waals surface area contributed by atoms with Crippen molar-refractivity contribution in [3.05, 3.63) is 43.1 Å². The van der Waals surface area contributed by atoms with Crippen molar-refractivity contribution in [3.63, 3.8) is 0 Å². The molecule has 0 saturated heterocycles. The Morgan fingerprint density at radius 1 is 0.882 bits per heavy atom. The van der Waals surface area contributed by atoms with Crippen molar-refractivity contribution in [2.45, 2.75) is 0 Å². The number of nitrogens with one attached hydrogen (secondary N) is 1. The highest BCUT2D eigenvalue weighted by Gasteiger charge is 2.03. The second-order valence-corrected chi connectivity index (χ2v) is 3.40. The van der Waals surface area contributed by atoms with Gasteiger partial charge in [0, 0.05) is 17.3 Å². The molecule has 0 aliphatic rings. The number of nitrogens with zero attached hydrogens (tertiary/aromatic N) is 5. The molecule has 0 unspecified atom stereocenters. The zero-order chi connectivity index (χ0) is 11.5. The van der Waals surface area contributed by atoms with Crippen LogP contribution in [0.2, 0.25) is 0 Å². The lowest BCUT2D eigenvalue weighted by Gasteiger charge is -2.00. The molecule has 0 saturated carbocycles. The Morgan fingerprint density at radius 3 is 2.24 bits per heavy atom. The Kier molecular flexibility index (Phi) is 2.31. The minimum Gasteiger partial charge on any atom is -0.265 e. The summed E-state index contributed by atoms with van der Waals surface area (Å²) in [5.74, 6) is 0.659. The molecule has 17 heavy (non-hydrogen) atoms. The third-order valence-electron chi connectivity index (χ3n) is 2.35. The van der Waals surface area contributed by atoms with Crippen molar-refractivity contribution in [2.24, 2.45) is 0 Å². The van der Waals surface area contributed by atoms with Crippen LogP contribution in [0.5, 0.6) is 0 Å². The van der Waals surface area contributed by atoms with E-state index in [0.29, 0.717) is 5.82 Å². The summed E-state index contributed by atoms with van der Waals surface area (Å²) in [4.78, 5) is 12.0. The largest absolute Gasteiger partial charge is 0.265 e. The van der Waals surface area contributed by atoms with Gasteiger partial charge >= 0.3 is 0 Å². The van der Waals surface area contributed by atoms with E-state index < -0.39 is 0 Å². The molecule has 1 N–H and O–H groups in total. The standard InChI is InChI=1S/C11H8N6/c1-3-9(11-13-6-12-7-14-11)4-2-8(1)10-5-15-17-16-10/h1-7H,(H,15,16,17). The van der Waals surface area contributed by atoms with Gasteiger partial charge in [-0.05, 0) is 0 Å². The first kappa shape index (κ1) is 9.59. The van der Waals surface area contributed by atoms with Crippen molar-refractivity contribution in [1.82, 2.24) is 30.4 Å². The fraction of sp³-hybridized carbons (Fsp3) is 0. The van der Waals surface area contributed by atoms with Crippen LogP contribution in [-0.4, -0.2) is 30.4 Å². The first-order chi connectivity index (χ1) is 8.43. The Hall–Kier alpha value is -2.63. The minimum absolute atomic E-state index is 0.659. The summed E-state index contributed by atoms with van der Waals surface area (Å²) in [5, 5.41) is 10.3. The molecule has 0 atom stereocenters. The zero-order valence-corrected chi connectivity index (χ0v) is 8.78. The molecule has 6 heteroatoms. The minimum atomic E-state index is 0.659. The number of benzene rings is 1. The van der Waals surface area contributed by atoms with Gasteiger partial charge in [0.25, 0.3) is 0 Å². The first-order valence-electron chi connectivity index (χ1n) is 5.03. The smallest absolute Gasteiger partial charge is 0.162 e. The zero-order valence-electron chi connectivity index (χ0n) is 8.78. The van der Waals surface area contributed by atoms with Gasteiger partial charge in [0.15, 0.2) is 5.82 Å². The summed E-state index contributed by atoms with van der Waals surface area (Å²) in [6.07, 6.45) is 4.71. The van der Waals surface area contributed by atoms with Gasteiger partial charge in [-0.3, -0.25) is 5.10 Å². The maximum atomic E-state index is 4.09. The lowest BCUT2D eigenvalue weighted by Crippen LogP contribution is -1.88. The second-order valence-electron chi connectivity index (χ2n) is 3.40. The number of H-pyrrole nitrogens is 1. The molecule has 3 aromatic rings. The Bertz CT molecular complexity index is 588. The van der Waals surface area contributed by atoms with Gasteiger partial charge in [-0.1, -0.05) is 29.5 Å². The molecular weight excluding hydrogens is 216 g/mol. The van der Waals surface area contributed by atoms with Crippen molar-refractivity contribution < 1.29 is 0 Å². The quantitative estimate of drug-likeness (QED) is 0.710. The third kappa shape index (κ3) is 1.87. The van der Waals surface area contributed by atoms with E-state index in [9.17, 15) is 0 Å². The Morgan fingerprint density at radius 2 is 1.59 bits per heavy atom. The molecule has 0 radical (unpaired) electrons. The van der Waals surface area contributed by atoms with E-state index in [0.717, 1.165) is 16.8 Å². The van der Waals surface area contributed by atoms with E-state index in [4.69, 9.17) is 0 Å². The van der Waals surface area contributed by atoms with Gasteiger partial charge in [-0.15, -0.1) is 5.10 Å². The van der Waals surface area contributed by atoms with Gasteiger partial charge < -0.3 is 0 Å². The van der Waals surface area contributed by atoms with Crippen LogP contribution >= 0.6 is 0 Å². The van der Waals surface area contributed by atoms with E-state index in [1.165, 1.54) is 12.7 Å². The normalized spacial score (nSPS) is 10.4. The van der Waals surface area contributed by atoms with Crippen LogP contribution in [0.4, 0.5) is 0 Å². The summed E-state index contributed by atoms with van der Waals surface area (Å²) < 4.78 is 0. The molecule has 6 nitrogen and oxygen atoms in total.